The Labute approximate surface area is 152 Å². The van der Waals surface area contributed by atoms with Crippen LogP contribution in [0.5, 0.6) is 0 Å². The molecular formula is C20H23N3O3. The summed E-state index contributed by atoms with van der Waals surface area (Å²) >= 11 is 0. The number of aliphatic imine (C=N–C) groups is 1. The average Bonchev–Trinajstić information content (AvgIpc) is 2.68. The molecule has 136 valence electrons. The number of hydrogen-bond donors (Lipinski definition) is 2. The Balaban J connectivity index is 2.06. The van der Waals surface area contributed by atoms with Crippen molar-refractivity contribution in [1.82, 2.24) is 0 Å². The lowest BCUT2D eigenvalue weighted by Crippen LogP contribution is -2.49. The summed E-state index contributed by atoms with van der Waals surface area (Å²) < 4.78 is 5.58. The first-order chi connectivity index (χ1) is 12.6. The molecule has 0 radical (unpaired) electrons. The van der Waals surface area contributed by atoms with Gasteiger partial charge in [0.25, 0.3) is 0 Å². The van der Waals surface area contributed by atoms with Crippen LogP contribution in [0.1, 0.15) is 12.8 Å². The molecule has 0 bridgehead atoms. The first-order valence-corrected chi connectivity index (χ1v) is 8.62. The number of ether oxygens (including phenoxy) is 1. The van der Waals surface area contributed by atoms with Gasteiger partial charge in [0.2, 0.25) is 5.84 Å². The van der Waals surface area contributed by atoms with Gasteiger partial charge in [-0.3, -0.25) is 0 Å². The number of carbonyl (C=O) groups is 1. The van der Waals surface area contributed by atoms with Crippen molar-refractivity contribution in [2.75, 3.05) is 18.6 Å². The molecule has 1 heterocycles. The van der Waals surface area contributed by atoms with E-state index in [1.807, 2.05) is 36.4 Å². The van der Waals surface area contributed by atoms with Gasteiger partial charge in [-0.05, 0) is 24.5 Å². The van der Waals surface area contributed by atoms with Crippen molar-refractivity contribution in [3.8, 4) is 11.1 Å². The third kappa shape index (κ3) is 3.70. The summed E-state index contributed by atoms with van der Waals surface area (Å²) in [6.07, 6.45) is 1.04. The van der Waals surface area contributed by atoms with Crippen molar-refractivity contribution in [2.24, 2.45) is 10.7 Å². The fraction of sp³-hybridized carbons (Fsp3) is 0.300. The Kier molecular flexibility index (Phi) is 5.53. The molecule has 26 heavy (non-hydrogen) atoms. The number of amidine groups is 1. The zero-order valence-corrected chi connectivity index (χ0v) is 14.7. The molecule has 3 rings (SSSR count). The number of aliphatic carboxylic acids is 1. The third-order valence-corrected chi connectivity index (χ3v) is 4.63. The Bertz CT molecular complexity index is 792. The van der Waals surface area contributed by atoms with Gasteiger partial charge >= 0.3 is 5.97 Å². The Morgan fingerprint density at radius 1 is 1.19 bits per heavy atom. The van der Waals surface area contributed by atoms with Crippen LogP contribution in [0.15, 0.2) is 59.6 Å². The number of methoxy groups -OCH3 is 1. The molecule has 0 aliphatic carbocycles. The second-order valence-electron chi connectivity index (χ2n) is 6.23. The van der Waals surface area contributed by atoms with Crippen LogP contribution in [0.25, 0.3) is 11.1 Å². The molecule has 1 aliphatic heterocycles. The van der Waals surface area contributed by atoms with Crippen molar-refractivity contribution < 1.29 is 14.6 Å². The van der Waals surface area contributed by atoms with Gasteiger partial charge in [-0.2, -0.15) is 0 Å². The standard InChI is InChI=1S/C20H23N3O3/c1-26-17-12-7-13-23(19(17)22-18(21)20(24)25)16-11-6-5-10-15(16)14-8-3-2-4-9-14/h2-6,8-11,17,19H,7,12-13H2,1H3,(H2,21,22)(H,24,25). The molecule has 2 aromatic rings. The van der Waals surface area contributed by atoms with Gasteiger partial charge in [-0.15, -0.1) is 0 Å². The van der Waals surface area contributed by atoms with Crippen molar-refractivity contribution >= 4 is 17.5 Å². The van der Waals surface area contributed by atoms with Gasteiger partial charge in [0.15, 0.2) is 0 Å². The molecule has 1 saturated heterocycles. The average molecular weight is 353 g/mol. The van der Waals surface area contributed by atoms with Crippen LogP contribution >= 0.6 is 0 Å². The van der Waals surface area contributed by atoms with E-state index in [-0.39, 0.29) is 6.10 Å². The zero-order chi connectivity index (χ0) is 18.5. The smallest absolute Gasteiger partial charge is 0.371 e. The molecule has 3 N–H and O–H groups in total. The minimum absolute atomic E-state index is 0.217. The Hall–Kier alpha value is -2.86. The van der Waals surface area contributed by atoms with Gasteiger partial charge in [-0.1, -0.05) is 48.5 Å². The quantitative estimate of drug-likeness (QED) is 0.652. The van der Waals surface area contributed by atoms with Gasteiger partial charge in [0, 0.05) is 24.9 Å². The van der Waals surface area contributed by atoms with Crippen LogP contribution in [0, 0.1) is 0 Å². The fourth-order valence-electron chi connectivity index (χ4n) is 3.38. The lowest BCUT2D eigenvalue weighted by molar-refractivity contribution is -0.129. The first-order valence-electron chi connectivity index (χ1n) is 8.62. The predicted molar refractivity (Wildman–Crippen MR) is 102 cm³/mol. The number of anilines is 1. The van der Waals surface area contributed by atoms with E-state index in [1.165, 1.54) is 0 Å². The molecule has 0 spiro atoms. The number of carboxylic acids is 1. The van der Waals surface area contributed by atoms with E-state index in [0.29, 0.717) is 0 Å². The SMILES string of the molecule is COC1CCCN(c2ccccc2-c2ccccc2)C1/N=C(\N)C(=O)O. The maximum absolute atomic E-state index is 11.2. The lowest BCUT2D eigenvalue weighted by atomic mass is 9.98. The van der Waals surface area contributed by atoms with Crippen molar-refractivity contribution in [3.63, 3.8) is 0 Å². The van der Waals surface area contributed by atoms with E-state index in [9.17, 15) is 4.79 Å². The van der Waals surface area contributed by atoms with E-state index >= 15 is 0 Å². The van der Waals surface area contributed by atoms with Crippen LogP contribution in [0.3, 0.4) is 0 Å². The Morgan fingerprint density at radius 2 is 1.88 bits per heavy atom. The maximum Gasteiger partial charge on any atom is 0.371 e. The first kappa shape index (κ1) is 17.9. The number of piperidine rings is 1. The zero-order valence-electron chi connectivity index (χ0n) is 14.7. The summed E-state index contributed by atoms with van der Waals surface area (Å²) in [6, 6.07) is 18.1. The summed E-state index contributed by atoms with van der Waals surface area (Å²) in [5.74, 6) is -1.62. The topological polar surface area (TPSA) is 88.1 Å². The maximum atomic E-state index is 11.2. The van der Waals surface area contributed by atoms with Crippen molar-refractivity contribution in [1.29, 1.82) is 0 Å². The highest BCUT2D eigenvalue weighted by Gasteiger charge is 2.33. The number of para-hydroxylation sites is 1. The summed E-state index contributed by atoms with van der Waals surface area (Å²) in [7, 11) is 1.62. The van der Waals surface area contributed by atoms with Crippen molar-refractivity contribution in [3.05, 3.63) is 54.6 Å². The molecule has 1 fully saturated rings. The van der Waals surface area contributed by atoms with Gasteiger partial charge in [0.1, 0.15) is 6.17 Å². The summed E-state index contributed by atoms with van der Waals surface area (Å²) in [5, 5.41) is 9.15. The minimum Gasteiger partial charge on any atom is -0.475 e. The van der Waals surface area contributed by atoms with E-state index in [2.05, 4.69) is 28.1 Å². The number of nitrogens with two attached hydrogens (primary N) is 1. The summed E-state index contributed by atoms with van der Waals surface area (Å²) in [5.41, 5.74) is 8.78. The monoisotopic (exact) mass is 353 g/mol. The number of carboxylic acid groups (broad SMARTS) is 1. The Morgan fingerprint density at radius 3 is 2.58 bits per heavy atom. The molecule has 0 aromatic heterocycles. The van der Waals surface area contributed by atoms with Gasteiger partial charge in [-0.25, -0.2) is 9.79 Å². The normalized spacial score (nSPS) is 20.8. The second kappa shape index (κ2) is 8.01. The van der Waals surface area contributed by atoms with E-state index in [0.717, 1.165) is 36.2 Å². The highest BCUT2D eigenvalue weighted by molar-refractivity contribution is 6.33. The van der Waals surface area contributed by atoms with E-state index < -0.39 is 18.0 Å². The number of rotatable bonds is 4. The van der Waals surface area contributed by atoms with Crippen LogP contribution in [-0.2, 0) is 9.53 Å². The largest absolute Gasteiger partial charge is 0.475 e. The molecule has 2 aromatic carbocycles. The van der Waals surface area contributed by atoms with E-state index in [4.69, 9.17) is 15.6 Å². The molecule has 2 unspecified atom stereocenters. The van der Waals surface area contributed by atoms with Crippen LogP contribution in [0.4, 0.5) is 5.69 Å². The molecule has 0 saturated carbocycles. The second-order valence-corrected chi connectivity index (χ2v) is 6.23. The highest BCUT2D eigenvalue weighted by atomic mass is 16.5. The molecule has 0 amide bonds. The lowest BCUT2D eigenvalue weighted by Gasteiger charge is -2.40. The molecular weight excluding hydrogens is 330 g/mol. The number of benzene rings is 2. The third-order valence-electron chi connectivity index (χ3n) is 4.63. The van der Waals surface area contributed by atoms with E-state index in [1.54, 1.807) is 7.11 Å². The summed E-state index contributed by atoms with van der Waals surface area (Å²) in [4.78, 5) is 17.6. The molecule has 6 heteroatoms. The molecule has 6 nitrogen and oxygen atoms in total. The number of nitrogens with zero attached hydrogens (tertiary/aromatic N) is 2. The molecule has 2 atom stereocenters. The minimum atomic E-state index is -1.22. The number of hydrogen-bond acceptors (Lipinski definition) is 4. The fourth-order valence-corrected chi connectivity index (χ4v) is 3.38. The van der Waals surface area contributed by atoms with Gasteiger partial charge in [0.05, 0.1) is 6.10 Å². The summed E-state index contributed by atoms with van der Waals surface area (Å²) in [6.45, 7) is 0.755. The van der Waals surface area contributed by atoms with Crippen LogP contribution < -0.4 is 10.6 Å². The predicted octanol–water partition coefficient (Wildman–Crippen LogP) is 2.74. The van der Waals surface area contributed by atoms with Gasteiger partial charge < -0.3 is 20.5 Å². The van der Waals surface area contributed by atoms with Crippen LogP contribution in [0.2, 0.25) is 0 Å². The van der Waals surface area contributed by atoms with Crippen molar-refractivity contribution in [2.45, 2.75) is 25.1 Å². The molecule has 1 aliphatic rings. The van der Waals surface area contributed by atoms with Crippen LogP contribution in [-0.4, -0.2) is 42.8 Å². The highest BCUT2D eigenvalue weighted by Crippen LogP contribution is 2.35.